The van der Waals surface area contributed by atoms with Crippen LogP contribution in [-0.4, -0.2) is 18.9 Å². The lowest BCUT2D eigenvalue weighted by atomic mass is 10.1. The Kier molecular flexibility index (Phi) is 5.02. The van der Waals surface area contributed by atoms with E-state index in [4.69, 9.17) is 15.0 Å². The van der Waals surface area contributed by atoms with E-state index >= 15 is 0 Å². The van der Waals surface area contributed by atoms with Crippen LogP contribution in [0.4, 0.5) is 0 Å². The molecule has 5 nitrogen and oxygen atoms in total. The molecule has 0 spiro atoms. The third kappa shape index (κ3) is 4.04. The summed E-state index contributed by atoms with van der Waals surface area (Å²) in [6.07, 6.45) is 2.50. The van der Waals surface area contributed by atoms with Crippen LogP contribution in [0.15, 0.2) is 35.4 Å². The monoisotopic (exact) mass is 247 g/mol. The summed E-state index contributed by atoms with van der Waals surface area (Å²) < 4.78 is 11.2. The second-order valence-electron chi connectivity index (χ2n) is 4.35. The van der Waals surface area contributed by atoms with E-state index in [0.717, 1.165) is 24.8 Å². The summed E-state index contributed by atoms with van der Waals surface area (Å²) in [6, 6.07) is 10.0. The molecule has 0 radical (unpaired) electrons. The molecule has 2 atom stereocenters. The van der Waals surface area contributed by atoms with Gasteiger partial charge in [-0.2, -0.15) is 0 Å². The van der Waals surface area contributed by atoms with E-state index in [-0.39, 0.29) is 12.3 Å². The van der Waals surface area contributed by atoms with Gasteiger partial charge in [-0.25, -0.2) is 0 Å². The lowest BCUT2D eigenvalue weighted by Crippen LogP contribution is -2.29. The molecule has 1 fully saturated rings. The van der Waals surface area contributed by atoms with Gasteiger partial charge >= 0.3 is 0 Å². The number of hydrogen-bond acceptors (Lipinski definition) is 3. The van der Waals surface area contributed by atoms with Crippen molar-refractivity contribution < 1.29 is 9.47 Å². The SMILES string of the molecule is [N-]=[N+]=N[C@@H]1CCC[C@@H](COCc2ccccc2)O1. The van der Waals surface area contributed by atoms with Gasteiger partial charge < -0.3 is 9.47 Å². The van der Waals surface area contributed by atoms with Crippen molar-refractivity contribution in [2.45, 2.75) is 38.2 Å². The van der Waals surface area contributed by atoms with E-state index in [9.17, 15) is 0 Å². The fourth-order valence-electron chi connectivity index (χ4n) is 2.03. The highest BCUT2D eigenvalue weighted by molar-refractivity contribution is 5.13. The summed E-state index contributed by atoms with van der Waals surface area (Å²) in [5.74, 6) is 0. The Morgan fingerprint density at radius 1 is 1.33 bits per heavy atom. The van der Waals surface area contributed by atoms with Crippen LogP contribution in [0.1, 0.15) is 24.8 Å². The zero-order valence-corrected chi connectivity index (χ0v) is 10.2. The van der Waals surface area contributed by atoms with Crippen LogP contribution < -0.4 is 0 Å². The van der Waals surface area contributed by atoms with Crippen molar-refractivity contribution in [3.8, 4) is 0 Å². The number of benzene rings is 1. The average molecular weight is 247 g/mol. The topological polar surface area (TPSA) is 67.2 Å². The Labute approximate surface area is 106 Å². The number of ether oxygens (including phenoxy) is 2. The van der Waals surface area contributed by atoms with Crippen LogP contribution in [0.3, 0.4) is 0 Å². The van der Waals surface area contributed by atoms with Crippen molar-refractivity contribution >= 4 is 0 Å². The molecule has 18 heavy (non-hydrogen) atoms. The van der Waals surface area contributed by atoms with Crippen molar-refractivity contribution in [2.75, 3.05) is 6.61 Å². The number of nitrogens with zero attached hydrogens (tertiary/aromatic N) is 3. The molecule has 0 aromatic heterocycles. The fourth-order valence-corrected chi connectivity index (χ4v) is 2.03. The largest absolute Gasteiger partial charge is 0.374 e. The van der Waals surface area contributed by atoms with E-state index in [1.54, 1.807) is 0 Å². The quantitative estimate of drug-likeness (QED) is 0.454. The number of rotatable bonds is 5. The molecule has 0 N–H and O–H groups in total. The molecule has 1 aliphatic rings. The summed E-state index contributed by atoms with van der Waals surface area (Å²) in [7, 11) is 0. The van der Waals surface area contributed by atoms with Gasteiger partial charge in [0.15, 0.2) is 0 Å². The molecule has 0 amide bonds. The maximum absolute atomic E-state index is 8.38. The second-order valence-corrected chi connectivity index (χ2v) is 4.35. The first-order valence-electron chi connectivity index (χ1n) is 6.20. The summed E-state index contributed by atoms with van der Waals surface area (Å²) in [5.41, 5.74) is 9.53. The Balaban J connectivity index is 1.72. The maximum atomic E-state index is 8.38. The first-order valence-corrected chi connectivity index (χ1v) is 6.20. The number of hydrogen-bond donors (Lipinski definition) is 0. The molecule has 0 aliphatic carbocycles. The zero-order valence-electron chi connectivity index (χ0n) is 10.2. The number of azide groups is 1. The Bertz CT molecular complexity index is 404. The van der Waals surface area contributed by atoms with E-state index < -0.39 is 0 Å². The lowest BCUT2D eigenvalue weighted by Gasteiger charge is -2.27. The van der Waals surface area contributed by atoms with Crippen LogP contribution in [0, 0.1) is 0 Å². The van der Waals surface area contributed by atoms with Crippen molar-refractivity contribution in [1.29, 1.82) is 0 Å². The van der Waals surface area contributed by atoms with Crippen LogP contribution in [-0.2, 0) is 16.1 Å². The predicted octanol–water partition coefficient (Wildman–Crippen LogP) is 3.41. The van der Waals surface area contributed by atoms with Crippen LogP contribution in [0.5, 0.6) is 0 Å². The highest BCUT2D eigenvalue weighted by atomic mass is 16.5. The molecular formula is C13H17N3O2. The molecule has 5 heteroatoms. The van der Waals surface area contributed by atoms with Gasteiger partial charge in [0.2, 0.25) is 0 Å². The molecule has 1 aromatic rings. The summed E-state index contributed by atoms with van der Waals surface area (Å²) in [4.78, 5) is 2.78. The second kappa shape index (κ2) is 7.01. The van der Waals surface area contributed by atoms with Crippen LogP contribution in [0.25, 0.3) is 10.4 Å². The minimum absolute atomic E-state index is 0.0398. The lowest BCUT2D eigenvalue weighted by molar-refractivity contribution is -0.0858. The minimum atomic E-state index is -0.325. The predicted molar refractivity (Wildman–Crippen MR) is 67.8 cm³/mol. The van der Waals surface area contributed by atoms with Crippen molar-refractivity contribution in [2.24, 2.45) is 5.11 Å². The third-order valence-electron chi connectivity index (χ3n) is 2.92. The fraction of sp³-hybridized carbons (Fsp3) is 0.538. The van der Waals surface area contributed by atoms with Crippen molar-refractivity contribution in [3.63, 3.8) is 0 Å². The first kappa shape index (κ1) is 12.9. The van der Waals surface area contributed by atoms with Crippen LogP contribution >= 0.6 is 0 Å². The minimum Gasteiger partial charge on any atom is -0.374 e. The molecule has 1 aliphatic heterocycles. The van der Waals surface area contributed by atoms with Gasteiger partial charge in [0, 0.05) is 4.91 Å². The van der Waals surface area contributed by atoms with Gasteiger partial charge in [-0.05, 0) is 30.4 Å². The molecule has 1 aromatic carbocycles. The molecule has 96 valence electrons. The normalized spacial score (nSPS) is 23.3. The highest BCUT2D eigenvalue weighted by Crippen LogP contribution is 2.20. The standard InChI is InChI=1S/C13H17N3O2/c14-16-15-13-8-4-7-12(18-13)10-17-9-11-5-2-1-3-6-11/h1-3,5-6,12-13H,4,7-10H2/t12-,13-/m0/s1. The molecular weight excluding hydrogens is 230 g/mol. The third-order valence-corrected chi connectivity index (χ3v) is 2.92. The Morgan fingerprint density at radius 2 is 2.17 bits per heavy atom. The van der Waals surface area contributed by atoms with Gasteiger partial charge in [0.25, 0.3) is 0 Å². The van der Waals surface area contributed by atoms with E-state index in [2.05, 4.69) is 10.0 Å². The van der Waals surface area contributed by atoms with Gasteiger partial charge in [0.05, 0.1) is 19.3 Å². The van der Waals surface area contributed by atoms with E-state index in [1.807, 2.05) is 30.3 Å². The summed E-state index contributed by atoms with van der Waals surface area (Å²) >= 11 is 0. The summed E-state index contributed by atoms with van der Waals surface area (Å²) in [5, 5.41) is 3.60. The van der Waals surface area contributed by atoms with Crippen molar-refractivity contribution in [3.05, 3.63) is 46.3 Å². The maximum Gasteiger partial charge on any atom is 0.137 e. The van der Waals surface area contributed by atoms with Gasteiger partial charge in [-0.1, -0.05) is 35.4 Å². The van der Waals surface area contributed by atoms with Gasteiger partial charge in [0.1, 0.15) is 6.23 Å². The zero-order chi connectivity index (χ0) is 12.6. The molecule has 1 heterocycles. The Morgan fingerprint density at radius 3 is 2.94 bits per heavy atom. The molecule has 0 unspecified atom stereocenters. The van der Waals surface area contributed by atoms with Gasteiger partial charge in [-0.15, -0.1) is 0 Å². The van der Waals surface area contributed by atoms with Gasteiger partial charge in [-0.3, -0.25) is 0 Å². The average Bonchev–Trinajstić information content (AvgIpc) is 2.41. The molecule has 0 bridgehead atoms. The van der Waals surface area contributed by atoms with Crippen LogP contribution in [0.2, 0.25) is 0 Å². The van der Waals surface area contributed by atoms with E-state index in [1.165, 1.54) is 0 Å². The highest BCUT2D eigenvalue weighted by Gasteiger charge is 2.21. The molecule has 0 saturated carbocycles. The first-order chi connectivity index (χ1) is 8.88. The Hall–Kier alpha value is -1.55. The smallest absolute Gasteiger partial charge is 0.137 e. The van der Waals surface area contributed by atoms with Crippen molar-refractivity contribution in [1.82, 2.24) is 0 Å². The molecule has 2 rings (SSSR count). The summed E-state index contributed by atoms with van der Waals surface area (Å²) in [6.45, 7) is 1.14. The van der Waals surface area contributed by atoms with E-state index in [0.29, 0.717) is 13.2 Å². The molecule has 1 saturated heterocycles.